The lowest BCUT2D eigenvalue weighted by molar-refractivity contribution is 0.0316. The van der Waals surface area contributed by atoms with E-state index < -0.39 is 15.0 Å². The monoisotopic (exact) mass is 220 g/mol. The summed E-state index contributed by atoms with van der Waals surface area (Å²) in [5, 5.41) is 0.766. The second-order valence-electron chi connectivity index (χ2n) is 2.70. The predicted octanol–water partition coefficient (Wildman–Crippen LogP) is -0.549. The van der Waals surface area contributed by atoms with Crippen molar-refractivity contribution in [2.45, 2.75) is 5.18 Å². The van der Waals surface area contributed by atoms with Crippen LogP contribution in [0.1, 0.15) is 0 Å². The lowest BCUT2D eigenvalue weighted by Crippen LogP contribution is -2.52. The third kappa shape index (κ3) is 1.73. The fourth-order valence-corrected chi connectivity index (χ4v) is 1.84. The molecule has 6 nitrogen and oxygen atoms in total. The average molecular weight is 220 g/mol. The van der Waals surface area contributed by atoms with Gasteiger partial charge in [0.15, 0.2) is 5.88 Å². The number of nitrogens with zero attached hydrogens (tertiary/aromatic N) is 1. The van der Waals surface area contributed by atoms with E-state index in [-0.39, 0.29) is 5.88 Å². The van der Waals surface area contributed by atoms with E-state index in [1.807, 2.05) is 0 Å². The Balaban J connectivity index is 3.08. The Labute approximate surface area is 82.5 Å². The smallest absolute Gasteiger partial charge is 0.345 e. The van der Waals surface area contributed by atoms with Crippen LogP contribution < -0.4 is 5.32 Å². The van der Waals surface area contributed by atoms with E-state index in [1.165, 1.54) is 26.5 Å². The molecule has 1 unspecified atom stereocenters. The molecule has 14 heavy (non-hydrogen) atoms. The van der Waals surface area contributed by atoms with Gasteiger partial charge >= 0.3 is 5.18 Å². The van der Waals surface area contributed by atoms with Crippen LogP contribution in [0.4, 0.5) is 0 Å². The molecule has 1 aliphatic rings. The van der Waals surface area contributed by atoms with Crippen LogP contribution in [0.3, 0.4) is 0 Å². The van der Waals surface area contributed by atoms with Crippen LogP contribution in [-0.4, -0.2) is 40.3 Å². The first-order valence-electron chi connectivity index (χ1n) is 3.77. The minimum absolute atomic E-state index is 0.285. The summed E-state index contributed by atoms with van der Waals surface area (Å²) >= 11 is 0. The maximum Gasteiger partial charge on any atom is 0.345 e. The van der Waals surface area contributed by atoms with Crippen LogP contribution in [0.25, 0.3) is 0 Å². The van der Waals surface area contributed by atoms with Crippen molar-refractivity contribution in [2.75, 3.05) is 20.5 Å². The van der Waals surface area contributed by atoms with E-state index in [0.29, 0.717) is 0 Å². The molecule has 0 aromatic heterocycles. The number of rotatable bonds is 3. The zero-order chi connectivity index (χ0) is 10.8. The molecule has 1 aliphatic heterocycles. The minimum atomic E-state index is -3.53. The first-order valence-corrected chi connectivity index (χ1v) is 5.67. The molecule has 80 valence electrons. The molecule has 0 amide bonds. The molecule has 0 saturated carbocycles. The van der Waals surface area contributed by atoms with Gasteiger partial charge in [-0.3, -0.25) is 5.32 Å². The number of hydrogen-bond donors (Lipinski definition) is 1. The molecule has 7 heteroatoms. The summed E-state index contributed by atoms with van der Waals surface area (Å²) in [4.78, 5) is 3.75. The van der Waals surface area contributed by atoms with Crippen molar-refractivity contribution >= 4 is 16.1 Å². The average Bonchev–Trinajstić information content (AvgIpc) is 2.16. The second-order valence-corrected chi connectivity index (χ2v) is 4.79. The number of methoxy groups -OCH3 is 2. The first kappa shape index (κ1) is 11.0. The number of ether oxygens (including phenoxy) is 2. The highest BCUT2D eigenvalue weighted by molar-refractivity contribution is 7.91. The Morgan fingerprint density at radius 1 is 1.50 bits per heavy atom. The number of nitrogens with one attached hydrogen (secondary N) is 1. The van der Waals surface area contributed by atoms with E-state index in [9.17, 15) is 8.42 Å². The quantitative estimate of drug-likeness (QED) is 0.690. The molecular weight excluding hydrogens is 208 g/mol. The van der Waals surface area contributed by atoms with Gasteiger partial charge in [-0.05, 0) is 0 Å². The molecule has 1 rings (SSSR count). The summed E-state index contributed by atoms with van der Waals surface area (Å²) < 4.78 is 32.5. The molecule has 0 aliphatic carbocycles. The summed E-state index contributed by atoms with van der Waals surface area (Å²) in [6, 6.07) is 0. The fourth-order valence-electron chi connectivity index (χ4n) is 0.995. The zero-order valence-corrected chi connectivity index (χ0v) is 8.96. The van der Waals surface area contributed by atoms with Crippen molar-refractivity contribution in [1.82, 2.24) is 5.32 Å². The van der Waals surface area contributed by atoms with Crippen LogP contribution in [0.2, 0.25) is 0 Å². The van der Waals surface area contributed by atoms with Crippen LogP contribution in [-0.2, 0) is 19.3 Å². The van der Waals surface area contributed by atoms with Gasteiger partial charge in [-0.25, -0.2) is 13.4 Å². The molecule has 0 saturated heterocycles. The summed E-state index contributed by atoms with van der Waals surface area (Å²) in [7, 11) is -0.861. The Kier molecular flexibility index (Phi) is 2.81. The molecular formula is C7H12N2O4S. The van der Waals surface area contributed by atoms with Crippen LogP contribution in [0.5, 0.6) is 0 Å². The van der Waals surface area contributed by atoms with Gasteiger partial charge < -0.3 is 9.47 Å². The van der Waals surface area contributed by atoms with Gasteiger partial charge in [0.25, 0.3) is 0 Å². The molecule has 0 radical (unpaired) electrons. The Bertz CT molecular complexity index is 373. The van der Waals surface area contributed by atoms with E-state index in [4.69, 9.17) is 9.47 Å². The van der Waals surface area contributed by atoms with Gasteiger partial charge in [-0.15, -0.1) is 0 Å². The minimum Gasteiger partial charge on any atom is -0.482 e. The molecule has 0 bridgehead atoms. The highest BCUT2D eigenvalue weighted by Crippen LogP contribution is 2.20. The molecule has 0 spiro atoms. The van der Waals surface area contributed by atoms with Gasteiger partial charge in [0, 0.05) is 25.7 Å². The molecule has 0 fully saturated rings. The van der Waals surface area contributed by atoms with Gasteiger partial charge in [-0.2, -0.15) is 0 Å². The maximum atomic E-state index is 11.4. The van der Waals surface area contributed by atoms with Crippen LogP contribution >= 0.6 is 0 Å². The third-order valence-corrected chi connectivity index (χ3v) is 3.13. The van der Waals surface area contributed by atoms with Gasteiger partial charge in [0.05, 0.1) is 7.11 Å². The van der Waals surface area contributed by atoms with E-state index in [2.05, 4.69) is 10.3 Å². The van der Waals surface area contributed by atoms with Gasteiger partial charge in [0.2, 0.25) is 9.84 Å². The van der Waals surface area contributed by atoms with Gasteiger partial charge in [-0.1, -0.05) is 0 Å². The SMILES string of the molecule is COC1=CC=NC(OC)(S(C)(=O)=O)N1. The van der Waals surface area contributed by atoms with E-state index >= 15 is 0 Å². The Morgan fingerprint density at radius 3 is 2.57 bits per heavy atom. The van der Waals surface area contributed by atoms with Crippen LogP contribution in [0.15, 0.2) is 17.0 Å². The third-order valence-electron chi connectivity index (χ3n) is 1.75. The molecule has 0 aromatic carbocycles. The number of aliphatic imine (C=N–C) groups is 1. The lowest BCUT2D eigenvalue weighted by atomic mass is 10.5. The first-order chi connectivity index (χ1) is 6.45. The van der Waals surface area contributed by atoms with Crippen molar-refractivity contribution < 1.29 is 17.9 Å². The summed E-state index contributed by atoms with van der Waals surface area (Å²) in [5.41, 5.74) is 0. The molecule has 1 heterocycles. The van der Waals surface area contributed by atoms with Crippen LogP contribution in [0, 0.1) is 0 Å². The molecule has 0 aromatic rings. The summed E-state index contributed by atoms with van der Waals surface area (Å²) in [6.07, 6.45) is 3.85. The van der Waals surface area contributed by atoms with Gasteiger partial charge in [0.1, 0.15) is 0 Å². The number of sulfone groups is 1. The normalized spacial score (nSPS) is 26.6. The summed E-state index contributed by atoms with van der Waals surface area (Å²) in [6.45, 7) is 0. The molecule has 1 N–H and O–H groups in total. The summed E-state index contributed by atoms with van der Waals surface area (Å²) in [5.74, 6) is 0.285. The van der Waals surface area contributed by atoms with Crippen molar-refractivity contribution in [3.63, 3.8) is 0 Å². The highest BCUT2D eigenvalue weighted by Gasteiger charge is 2.42. The zero-order valence-electron chi connectivity index (χ0n) is 8.14. The van der Waals surface area contributed by atoms with E-state index in [1.54, 1.807) is 0 Å². The number of hydrogen-bond acceptors (Lipinski definition) is 6. The number of allylic oxidation sites excluding steroid dienone is 1. The lowest BCUT2D eigenvalue weighted by Gasteiger charge is -2.30. The Morgan fingerprint density at radius 2 is 2.14 bits per heavy atom. The Hall–Kier alpha value is -1.08. The van der Waals surface area contributed by atoms with E-state index in [0.717, 1.165) is 6.26 Å². The molecule has 1 atom stereocenters. The predicted molar refractivity (Wildman–Crippen MR) is 51.3 cm³/mol. The topological polar surface area (TPSA) is 77.0 Å². The standard InChI is InChI=1S/C7H12N2O4S/c1-12-6-4-5-8-7(9-6,13-2)14(3,10)11/h4-5,9H,1-3H3. The highest BCUT2D eigenvalue weighted by atomic mass is 32.2. The van der Waals surface area contributed by atoms with Crippen molar-refractivity contribution in [2.24, 2.45) is 4.99 Å². The second kappa shape index (κ2) is 3.58. The van der Waals surface area contributed by atoms with Crippen molar-refractivity contribution in [3.8, 4) is 0 Å². The maximum absolute atomic E-state index is 11.4. The largest absolute Gasteiger partial charge is 0.482 e. The van der Waals surface area contributed by atoms with Crippen molar-refractivity contribution in [1.29, 1.82) is 0 Å². The van der Waals surface area contributed by atoms with Crippen molar-refractivity contribution in [3.05, 3.63) is 12.0 Å². The fraction of sp³-hybridized carbons (Fsp3) is 0.571.